The minimum atomic E-state index is 0.0385. The lowest BCUT2D eigenvalue weighted by molar-refractivity contribution is 0.103. The topological polar surface area (TPSA) is 46.7 Å². The molecule has 1 aliphatic carbocycles. The van der Waals surface area contributed by atoms with Crippen molar-refractivity contribution in [2.45, 2.75) is 20.3 Å². The van der Waals surface area contributed by atoms with Gasteiger partial charge in [-0.3, -0.25) is 4.79 Å². The second kappa shape index (κ2) is 14.9. The molecule has 4 nitrogen and oxygen atoms in total. The number of fused-ring (bicyclic) bond motifs is 5. The van der Waals surface area contributed by atoms with E-state index in [1.165, 1.54) is 38.6 Å². The van der Waals surface area contributed by atoms with Crippen LogP contribution in [0.2, 0.25) is 0 Å². The van der Waals surface area contributed by atoms with Crippen molar-refractivity contribution in [3.05, 3.63) is 227 Å². The van der Waals surface area contributed by atoms with Crippen LogP contribution in [0.3, 0.4) is 0 Å². The molecule has 0 N–H and O–H groups in total. The van der Waals surface area contributed by atoms with Crippen LogP contribution in [0.1, 0.15) is 49.3 Å². The fourth-order valence-electron chi connectivity index (χ4n) is 8.98. The van der Waals surface area contributed by atoms with Crippen LogP contribution in [0, 0.1) is 13.8 Å². The van der Waals surface area contributed by atoms with Gasteiger partial charge >= 0.3 is 0 Å². The van der Waals surface area contributed by atoms with E-state index in [9.17, 15) is 4.79 Å². The molecule has 60 heavy (non-hydrogen) atoms. The normalized spacial score (nSPS) is 12.4. The Morgan fingerprint density at radius 2 is 1.15 bits per heavy atom. The van der Waals surface area contributed by atoms with Crippen LogP contribution in [0.25, 0.3) is 66.6 Å². The molecule has 0 saturated heterocycles. The first-order chi connectivity index (χ1) is 29.4. The number of aryl methyl sites for hydroxylation is 2. The summed E-state index contributed by atoms with van der Waals surface area (Å²) >= 11 is 0. The Balaban J connectivity index is 1.07. The van der Waals surface area contributed by atoms with E-state index in [0.717, 1.165) is 66.8 Å². The summed E-state index contributed by atoms with van der Waals surface area (Å²) in [7, 11) is 0. The van der Waals surface area contributed by atoms with E-state index in [1.807, 2.05) is 66.7 Å². The maximum Gasteiger partial charge on any atom is 0.193 e. The molecule has 0 saturated carbocycles. The lowest BCUT2D eigenvalue weighted by Crippen LogP contribution is -2.18. The molecule has 0 bridgehead atoms. The molecule has 4 heteroatoms. The number of ketones is 1. The Morgan fingerprint density at radius 1 is 0.517 bits per heavy atom. The summed E-state index contributed by atoms with van der Waals surface area (Å²) in [5.74, 6) is 0.554. The molecule has 0 radical (unpaired) electrons. The van der Waals surface area contributed by atoms with Crippen LogP contribution in [-0.4, -0.2) is 22.9 Å². The Kier molecular flexibility index (Phi) is 9.11. The Morgan fingerprint density at radius 3 is 1.98 bits per heavy atom. The zero-order valence-corrected chi connectivity index (χ0v) is 33.6. The number of hydrogen-bond donors (Lipinski definition) is 0. The number of carbonyl (C=O) groups is 1. The molecule has 0 spiro atoms. The zero-order chi connectivity index (χ0) is 40.9. The van der Waals surface area contributed by atoms with Crippen molar-refractivity contribution in [3.63, 3.8) is 0 Å². The van der Waals surface area contributed by atoms with Gasteiger partial charge < -0.3 is 4.57 Å². The van der Waals surface area contributed by atoms with Crippen molar-refractivity contribution in [3.8, 4) is 39.1 Å². The lowest BCUT2D eigenvalue weighted by Gasteiger charge is -2.25. The van der Waals surface area contributed by atoms with Crippen LogP contribution in [0.15, 0.2) is 192 Å². The minimum Gasteiger partial charge on any atom is -0.309 e. The highest BCUT2D eigenvalue weighted by Crippen LogP contribution is 2.41. The van der Waals surface area contributed by atoms with E-state index < -0.39 is 0 Å². The summed E-state index contributed by atoms with van der Waals surface area (Å²) in [5, 5.41) is 2.34. The van der Waals surface area contributed by atoms with Gasteiger partial charge in [0.05, 0.1) is 22.4 Å². The number of carbonyl (C=O) groups excluding carboxylic acids is 1. The lowest BCUT2D eigenvalue weighted by atomic mass is 9.80. The smallest absolute Gasteiger partial charge is 0.193 e. The van der Waals surface area contributed by atoms with Crippen molar-refractivity contribution in [1.29, 1.82) is 0 Å². The largest absolute Gasteiger partial charge is 0.309 e. The predicted octanol–water partition coefficient (Wildman–Crippen LogP) is 13.7. The van der Waals surface area contributed by atoms with Crippen molar-refractivity contribution in [1.82, 2.24) is 4.57 Å². The quantitative estimate of drug-likeness (QED) is 0.118. The van der Waals surface area contributed by atoms with E-state index in [-0.39, 0.29) is 5.78 Å². The van der Waals surface area contributed by atoms with Gasteiger partial charge in [-0.15, -0.1) is 0 Å². The molecule has 0 aliphatic heterocycles. The molecule has 0 amide bonds. The number of hydrogen-bond acceptors (Lipinski definition) is 2. The number of para-hydroxylation sites is 1. The van der Waals surface area contributed by atoms with Gasteiger partial charge in [0.25, 0.3) is 0 Å². The fraction of sp³-hybridized carbons (Fsp3) is 0.0536. The van der Waals surface area contributed by atoms with E-state index in [0.29, 0.717) is 18.0 Å². The third-order valence-electron chi connectivity index (χ3n) is 12.0. The second-order valence-corrected chi connectivity index (χ2v) is 15.6. The van der Waals surface area contributed by atoms with Gasteiger partial charge in [-0.25, -0.2) is 9.98 Å². The van der Waals surface area contributed by atoms with Gasteiger partial charge in [0.15, 0.2) is 11.6 Å². The van der Waals surface area contributed by atoms with Gasteiger partial charge in [0, 0.05) is 39.4 Å². The summed E-state index contributed by atoms with van der Waals surface area (Å²) in [4.78, 5) is 23.5. The van der Waals surface area contributed by atoms with E-state index in [2.05, 4.69) is 146 Å². The summed E-state index contributed by atoms with van der Waals surface area (Å²) in [6.45, 7) is 12.4. The van der Waals surface area contributed by atoms with Gasteiger partial charge in [-0.1, -0.05) is 146 Å². The van der Waals surface area contributed by atoms with Gasteiger partial charge in [-0.05, 0) is 113 Å². The SMILES string of the molecule is C=NC(=NC(=C)c1cccc(-c2cccc3c2Cc2c(cccc2-n2c4ccccc4c4cc(-c5ccc(C)c(-c6ccccc6C)c5)ccc42)C3=O)c1)c1ccccc1. The standard InChI is InChI=1S/C56H41N3O/c1-35-15-8-9-20-43(35)48-32-40(28-27-36(48)2)41-29-30-54-50(33-41)45-21-10-11-25-52(45)59(54)53-26-14-24-47-51(53)34-49-44(22-13-23-46(49)55(47)60)42-19-12-18-39(31-42)37(3)58-56(57-4)38-16-6-5-7-17-38/h5-33H,3-4,34H2,1-2H3. The van der Waals surface area contributed by atoms with Gasteiger partial charge in [-0.2, -0.15) is 0 Å². The number of aliphatic imine (C=N–C) groups is 2. The van der Waals surface area contributed by atoms with Crippen molar-refractivity contribution in [2.75, 3.05) is 0 Å². The Bertz CT molecular complexity index is 3260. The third kappa shape index (κ3) is 6.21. The summed E-state index contributed by atoms with van der Waals surface area (Å²) < 4.78 is 2.35. The molecule has 10 rings (SSSR count). The summed E-state index contributed by atoms with van der Waals surface area (Å²) in [6, 6.07) is 61.0. The monoisotopic (exact) mass is 771 g/mol. The number of rotatable bonds is 7. The van der Waals surface area contributed by atoms with Crippen molar-refractivity contribution in [2.24, 2.45) is 9.98 Å². The van der Waals surface area contributed by atoms with Crippen LogP contribution >= 0.6 is 0 Å². The van der Waals surface area contributed by atoms with Crippen LogP contribution in [-0.2, 0) is 6.42 Å². The first-order valence-electron chi connectivity index (χ1n) is 20.3. The molecule has 0 atom stereocenters. The molecule has 1 aromatic heterocycles. The average molecular weight is 772 g/mol. The summed E-state index contributed by atoms with van der Waals surface area (Å²) in [5.41, 5.74) is 18.4. The minimum absolute atomic E-state index is 0.0385. The number of benzene rings is 8. The molecular formula is C56H41N3O. The molecular weight excluding hydrogens is 731 g/mol. The van der Waals surface area contributed by atoms with Gasteiger partial charge in [0.1, 0.15) is 0 Å². The van der Waals surface area contributed by atoms with E-state index in [4.69, 9.17) is 4.99 Å². The van der Waals surface area contributed by atoms with Crippen LogP contribution in [0.5, 0.6) is 0 Å². The predicted molar refractivity (Wildman–Crippen MR) is 251 cm³/mol. The molecule has 0 fully saturated rings. The third-order valence-corrected chi connectivity index (χ3v) is 12.0. The van der Waals surface area contributed by atoms with E-state index >= 15 is 0 Å². The Hall–Kier alpha value is -7.69. The fourth-order valence-corrected chi connectivity index (χ4v) is 8.98. The molecule has 1 heterocycles. The molecule has 8 aromatic carbocycles. The average Bonchev–Trinajstić information content (AvgIpc) is 3.62. The highest BCUT2D eigenvalue weighted by molar-refractivity contribution is 6.15. The number of nitrogens with zero attached hydrogens (tertiary/aromatic N) is 3. The first kappa shape index (κ1) is 36.6. The first-order valence-corrected chi connectivity index (χ1v) is 20.3. The number of amidine groups is 1. The second-order valence-electron chi connectivity index (χ2n) is 15.6. The van der Waals surface area contributed by atoms with Crippen molar-refractivity contribution >= 4 is 45.8 Å². The maximum absolute atomic E-state index is 14.5. The zero-order valence-electron chi connectivity index (χ0n) is 33.6. The van der Waals surface area contributed by atoms with Gasteiger partial charge in [0.2, 0.25) is 0 Å². The van der Waals surface area contributed by atoms with Crippen LogP contribution < -0.4 is 0 Å². The van der Waals surface area contributed by atoms with E-state index in [1.54, 1.807) is 0 Å². The highest BCUT2D eigenvalue weighted by atomic mass is 16.1. The Labute approximate surface area is 350 Å². The maximum atomic E-state index is 14.5. The van der Waals surface area contributed by atoms with Crippen LogP contribution in [0.4, 0.5) is 0 Å². The summed E-state index contributed by atoms with van der Waals surface area (Å²) in [6.07, 6.45) is 0.599. The molecule has 286 valence electrons. The molecule has 1 aliphatic rings. The molecule has 0 unspecified atom stereocenters. The molecule has 9 aromatic rings. The number of aromatic nitrogens is 1. The van der Waals surface area contributed by atoms with Crippen molar-refractivity contribution < 1.29 is 4.79 Å². The highest BCUT2D eigenvalue weighted by Gasteiger charge is 2.29.